The van der Waals surface area contributed by atoms with E-state index < -0.39 is 0 Å². The Morgan fingerprint density at radius 2 is 2.00 bits per heavy atom. The van der Waals surface area contributed by atoms with Crippen molar-refractivity contribution in [2.45, 2.75) is 13.2 Å². The van der Waals surface area contributed by atoms with E-state index in [-0.39, 0.29) is 13.2 Å². The molecule has 108 valence electrons. The average Bonchev–Trinajstić information content (AvgIpc) is 2.88. The van der Waals surface area contributed by atoms with Gasteiger partial charge in [0.05, 0.1) is 18.2 Å². The van der Waals surface area contributed by atoms with Crippen molar-refractivity contribution >= 4 is 22.6 Å². The number of ether oxygens (including phenoxy) is 1. The van der Waals surface area contributed by atoms with E-state index in [9.17, 15) is 0 Å². The lowest BCUT2D eigenvalue weighted by atomic mass is 10.2. The highest BCUT2D eigenvalue weighted by atomic mass is 35.5. The van der Waals surface area contributed by atoms with Crippen molar-refractivity contribution in [2.24, 2.45) is 7.05 Å². The Balaban J connectivity index is 1.79. The number of aliphatic hydroxyl groups is 1. The van der Waals surface area contributed by atoms with Gasteiger partial charge in [-0.3, -0.25) is 4.68 Å². The van der Waals surface area contributed by atoms with Gasteiger partial charge in [-0.2, -0.15) is 5.10 Å². The summed E-state index contributed by atoms with van der Waals surface area (Å²) in [6.45, 7) is 0.218. The number of aryl methyl sites for hydroxylation is 1. The van der Waals surface area contributed by atoms with Crippen LogP contribution in [0.4, 0.5) is 0 Å². The highest BCUT2D eigenvalue weighted by Gasteiger charge is 2.10. The summed E-state index contributed by atoms with van der Waals surface area (Å²) in [4.78, 5) is 8.58. The van der Waals surface area contributed by atoms with E-state index in [2.05, 4.69) is 15.1 Å². The summed E-state index contributed by atoms with van der Waals surface area (Å²) in [5.41, 5.74) is 1.50. The maximum Gasteiger partial charge on any atom is 0.170 e. The summed E-state index contributed by atoms with van der Waals surface area (Å²) in [6, 6.07) is 7.17. The monoisotopic (exact) mass is 304 g/mol. The predicted octanol–water partition coefficient (Wildman–Crippen LogP) is 2.09. The maximum absolute atomic E-state index is 8.99. The molecule has 0 amide bonds. The van der Waals surface area contributed by atoms with Crippen LogP contribution in [0.3, 0.4) is 0 Å². The summed E-state index contributed by atoms with van der Waals surface area (Å²) in [6.07, 6.45) is 1.63. The third kappa shape index (κ3) is 2.81. The minimum atomic E-state index is 0.0101. The van der Waals surface area contributed by atoms with Gasteiger partial charge >= 0.3 is 0 Å². The molecule has 2 aromatic heterocycles. The number of fused-ring (bicyclic) bond motifs is 1. The molecule has 0 saturated heterocycles. The number of aliphatic hydroxyl groups excluding tert-OH is 1. The molecule has 0 saturated carbocycles. The molecule has 1 aromatic carbocycles. The lowest BCUT2D eigenvalue weighted by Crippen LogP contribution is -2.04. The van der Waals surface area contributed by atoms with Gasteiger partial charge in [-0.05, 0) is 17.7 Å². The van der Waals surface area contributed by atoms with Crippen molar-refractivity contribution < 1.29 is 9.84 Å². The van der Waals surface area contributed by atoms with E-state index in [1.807, 2.05) is 0 Å². The van der Waals surface area contributed by atoms with Crippen LogP contribution in [0.5, 0.6) is 5.75 Å². The molecule has 0 atom stereocenters. The van der Waals surface area contributed by atoms with Gasteiger partial charge in [0.1, 0.15) is 17.5 Å². The Hall–Kier alpha value is -2.18. The second kappa shape index (κ2) is 5.67. The standard InChI is InChI=1S/C14H13ClN4O2/c1-19-14-11(6-16-19)13(15)17-12(18-14)8-21-10-4-2-9(7-20)3-5-10/h2-6,20H,7-8H2,1H3. The molecule has 3 rings (SSSR count). The Morgan fingerprint density at radius 1 is 1.24 bits per heavy atom. The summed E-state index contributed by atoms with van der Waals surface area (Å²) in [5.74, 6) is 1.17. The first kappa shape index (κ1) is 13.8. The van der Waals surface area contributed by atoms with E-state index in [4.69, 9.17) is 21.4 Å². The van der Waals surface area contributed by atoms with Crippen LogP contribution in [0.1, 0.15) is 11.4 Å². The van der Waals surface area contributed by atoms with Crippen molar-refractivity contribution in [1.29, 1.82) is 0 Å². The number of rotatable bonds is 4. The minimum Gasteiger partial charge on any atom is -0.486 e. The zero-order valence-electron chi connectivity index (χ0n) is 11.3. The van der Waals surface area contributed by atoms with Crippen molar-refractivity contribution in [3.63, 3.8) is 0 Å². The Kier molecular flexibility index (Phi) is 3.72. The summed E-state index contributed by atoms with van der Waals surface area (Å²) >= 11 is 6.11. The quantitative estimate of drug-likeness (QED) is 0.747. The van der Waals surface area contributed by atoms with Crippen molar-refractivity contribution in [2.75, 3.05) is 0 Å². The van der Waals surface area contributed by atoms with Crippen LogP contribution in [-0.2, 0) is 20.3 Å². The number of nitrogens with zero attached hydrogens (tertiary/aromatic N) is 4. The van der Waals surface area contributed by atoms with Crippen molar-refractivity contribution in [1.82, 2.24) is 19.7 Å². The molecule has 21 heavy (non-hydrogen) atoms. The van der Waals surface area contributed by atoms with Gasteiger partial charge in [-0.1, -0.05) is 23.7 Å². The van der Waals surface area contributed by atoms with Crippen molar-refractivity contribution in [3.8, 4) is 5.75 Å². The lowest BCUT2D eigenvalue weighted by molar-refractivity contribution is 0.280. The van der Waals surface area contributed by atoms with Gasteiger partial charge in [0.2, 0.25) is 0 Å². The van der Waals surface area contributed by atoms with Crippen LogP contribution in [0.15, 0.2) is 30.5 Å². The van der Waals surface area contributed by atoms with Crippen LogP contribution < -0.4 is 4.74 Å². The first-order valence-corrected chi connectivity index (χ1v) is 6.72. The van der Waals surface area contributed by atoms with Gasteiger partial charge in [0.15, 0.2) is 11.5 Å². The fraction of sp³-hybridized carbons (Fsp3) is 0.214. The lowest BCUT2D eigenvalue weighted by Gasteiger charge is -2.06. The topological polar surface area (TPSA) is 73.1 Å². The van der Waals surface area contributed by atoms with Gasteiger partial charge in [-0.25, -0.2) is 9.97 Å². The molecule has 0 spiro atoms. The summed E-state index contributed by atoms with van der Waals surface area (Å²) < 4.78 is 7.26. The highest BCUT2D eigenvalue weighted by molar-refractivity contribution is 6.33. The van der Waals surface area contributed by atoms with Crippen LogP contribution in [0.2, 0.25) is 5.15 Å². The molecule has 0 unspecified atom stereocenters. The SMILES string of the molecule is Cn1ncc2c(Cl)nc(COc3ccc(CO)cc3)nc21. The predicted molar refractivity (Wildman–Crippen MR) is 78.0 cm³/mol. The molecule has 0 aliphatic carbocycles. The molecule has 1 N–H and O–H groups in total. The number of benzene rings is 1. The third-order valence-corrected chi connectivity index (χ3v) is 3.35. The molecule has 2 heterocycles. The van der Waals surface area contributed by atoms with Crippen LogP contribution in [0, 0.1) is 0 Å². The van der Waals surface area contributed by atoms with E-state index in [1.165, 1.54) is 0 Å². The fourth-order valence-electron chi connectivity index (χ4n) is 1.93. The second-order valence-corrected chi connectivity index (χ2v) is 4.88. The van der Waals surface area contributed by atoms with Gasteiger partial charge in [-0.15, -0.1) is 0 Å². The third-order valence-electron chi connectivity index (χ3n) is 3.07. The summed E-state index contributed by atoms with van der Waals surface area (Å²) in [5, 5.41) is 14.2. The second-order valence-electron chi connectivity index (χ2n) is 4.53. The molecule has 0 aliphatic rings. The zero-order chi connectivity index (χ0) is 14.8. The molecular formula is C14H13ClN4O2. The van der Waals surface area contributed by atoms with Crippen molar-refractivity contribution in [3.05, 3.63) is 47.0 Å². The molecule has 7 heteroatoms. The number of halogens is 1. The average molecular weight is 305 g/mol. The first-order valence-electron chi connectivity index (χ1n) is 6.34. The Labute approximate surface area is 126 Å². The Bertz CT molecular complexity index is 770. The van der Waals surface area contributed by atoms with Crippen LogP contribution in [-0.4, -0.2) is 24.9 Å². The zero-order valence-corrected chi connectivity index (χ0v) is 12.1. The highest BCUT2D eigenvalue weighted by Crippen LogP contribution is 2.20. The molecule has 0 bridgehead atoms. The fourth-order valence-corrected chi connectivity index (χ4v) is 2.16. The molecule has 3 aromatic rings. The van der Waals surface area contributed by atoms with Crippen LogP contribution in [0.25, 0.3) is 11.0 Å². The summed E-state index contributed by atoms with van der Waals surface area (Å²) in [7, 11) is 1.80. The molecule has 0 radical (unpaired) electrons. The molecule has 6 nitrogen and oxygen atoms in total. The first-order chi connectivity index (χ1) is 10.2. The minimum absolute atomic E-state index is 0.0101. The smallest absolute Gasteiger partial charge is 0.170 e. The van der Waals surface area contributed by atoms with E-state index >= 15 is 0 Å². The number of hydrogen-bond acceptors (Lipinski definition) is 5. The molecule has 0 aliphatic heterocycles. The molecule has 0 fully saturated rings. The van der Waals surface area contributed by atoms with Gasteiger partial charge in [0, 0.05) is 7.05 Å². The van der Waals surface area contributed by atoms with E-state index in [1.54, 1.807) is 42.2 Å². The van der Waals surface area contributed by atoms with Gasteiger partial charge in [0.25, 0.3) is 0 Å². The van der Waals surface area contributed by atoms with E-state index in [0.717, 1.165) is 10.9 Å². The van der Waals surface area contributed by atoms with Crippen LogP contribution >= 0.6 is 11.6 Å². The number of aromatic nitrogens is 4. The Morgan fingerprint density at radius 3 is 2.71 bits per heavy atom. The largest absolute Gasteiger partial charge is 0.486 e. The molecular weight excluding hydrogens is 292 g/mol. The normalized spacial score (nSPS) is 11.0. The van der Waals surface area contributed by atoms with Gasteiger partial charge < -0.3 is 9.84 Å². The maximum atomic E-state index is 8.99. The van der Waals surface area contributed by atoms with E-state index in [0.29, 0.717) is 22.4 Å². The number of hydrogen-bond donors (Lipinski definition) is 1.